The van der Waals surface area contributed by atoms with Gasteiger partial charge in [0, 0.05) is 5.56 Å². The monoisotopic (exact) mass is 430 g/mol. The van der Waals surface area contributed by atoms with Gasteiger partial charge in [-0.05, 0) is 85.1 Å². The predicted octanol–water partition coefficient (Wildman–Crippen LogP) is 8.27. The summed E-state index contributed by atoms with van der Waals surface area (Å²) in [7, 11) is 1.21. The molecule has 2 aliphatic rings. The fourth-order valence-electron chi connectivity index (χ4n) is 5.97. The van der Waals surface area contributed by atoms with E-state index in [0.29, 0.717) is 5.92 Å². The van der Waals surface area contributed by atoms with Crippen LogP contribution in [-0.2, 0) is 0 Å². The minimum Gasteiger partial charge on any atom is -0.491 e. The van der Waals surface area contributed by atoms with Crippen LogP contribution in [0.15, 0.2) is 30.3 Å². The van der Waals surface area contributed by atoms with Crippen molar-refractivity contribution in [1.29, 1.82) is 0 Å². The summed E-state index contributed by atoms with van der Waals surface area (Å²) in [6, 6.07) is 7.44. The van der Waals surface area contributed by atoms with Crippen LogP contribution in [0.1, 0.15) is 76.2 Å². The molecule has 0 heterocycles. The number of hydrogen-bond donors (Lipinski definition) is 0. The molecule has 0 spiro atoms. The van der Waals surface area contributed by atoms with Gasteiger partial charge in [-0.3, -0.25) is 0 Å². The largest absolute Gasteiger partial charge is 0.491 e. The predicted molar refractivity (Wildman–Crippen MR) is 119 cm³/mol. The summed E-state index contributed by atoms with van der Waals surface area (Å²) in [5, 5.41) is 0. The van der Waals surface area contributed by atoms with E-state index in [4.69, 9.17) is 4.74 Å². The molecule has 0 bridgehead atoms. The molecule has 4 heteroatoms. The highest BCUT2D eigenvalue weighted by Gasteiger charge is 2.35. The summed E-state index contributed by atoms with van der Waals surface area (Å²) in [6.07, 6.45) is 11.5. The second kappa shape index (κ2) is 9.67. The van der Waals surface area contributed by atoms with Crippen molar-refractivity contribution in [2.24, 2.45) is 17.8 Å². The van der Waals surface area contributed by atoms with Crippen molar-refractivity contribution in [2.75, 3.05) is 7.11 Å². The molecule has 4 atom stereocenters. The first kappa shape index (κ1) is 22.2. The normalized spacial score (nSPS) is 25.8. The Bertz CT molecular complexity index is 886. The lowest BCUT2D eigenvalue weighted by Gasteiger charge is -2.42. The molecular weight excluding hydrogens is 397 g/mol. The van der Waals surface area contributed by atoms with Crippen LogP contribution in [-0.4, -0.2) is 7.11 Å². The molecule has 1 nitrogen and oxygen atoms in total. The van der Waals surface area contributed by atoms with Crippen LogP contribution in [0.25, 0.3) is 11.1 Å². The van der Waals surface area contributed by atoms with Crippen LogP contribution in [0.2, 0.25) is 0 Å². The van der Waals surface area contributed by atoms with Crippen LogP contribution >= 0.6 is 0 Å². The van der Waals surface area contributed by atoms with Gasteiger partial charge in [0.15, 0.2) is 17.4 Å². The Morgan fingerprint density at radius 1 is 0.871 bits per heavy atom. The number of ether oxygens (including phenoxy) is 1. The smallest absolute Gasteiger partial charge is 0.190 e. The minimum absolute atomic E-state index is 0.189. The molecule has 0 aliphatic heterocycles. The SMILES string of the molecule is CCCCC1CC[C@@H]2C[C@H](c3ccc(-c4cc(F)c(OC)c(F)c4)c(F)c3)CC[C@@H]2C1. The van der Waals surface area contributed by atoms with Gasteiger partial charge in [0.2, 0.25) is 0 Å². The lowest BCUT2D eigenvalue weighted by Crippen LogP contribution is -2.30. The van der Waals surface area contributed by atoms with Crippen LogP contribution in [0.3, 0.4) is 0 Å². The zero-order chi connectivity index (χ0) is 22.0. The zero-order valence-corrected chi connectivity index (χ0v) is 18.6. The van der Waals surface area contributed by atoms with E-state index in [1.54, 1.807) is 12.1 Å². The van der Waals surface area contributed by atoms with Gasteiger partial charge in [-0.1, -0.05) is 44.7 Å². The van der Waals surface area contributed by atoms with E-state index in [9.17, 15) is 13.2 Å². The van der Waals surface area contributed by atoms with E-state index in [0.717, 1.165) is 48.3 Å². The van der Waals surface area contributed by atoms with Crippen molar-refractivity contribution < 1.29 is 17.9 Å². The average Bonchev–Trinajstić information content (AvgIpc) is 2.77. The van der Waals surface area contributed by atoms with E-state index in [-0.39, 0.29) is 11.1 Å². The summed E-state index contributed by atoms with van der Waals surface area (Å²) in [5.41, 5.74) is 1.42. The van der Waals surface area contributed by atoms with Crippen molar-refractivity contribution in [3.05, 3.63) is 53.3 Å². The maximum atomic E-state index is 15.0. The molecule has 31 heavy (non-hydrogen) atoms. The number of halogens is 3. The summed E-state index contributed by atoms with van der Waals surface area (Å²) >= 11 is 0. The first-order valence-corrected chi connectivity index (χ1v) is 11.8. The van der Waals surface area contributed by atoms with Crippen LogP contribution in [0.4, 0.5) is 13.2 Å². The van der Waals surface area contributed by atoms with Gasteiger partial charge in [0.25, 0.3) is 0 Å². The number of fused-ring (bicyclic) bond motifs is 1. The first-order chi connectivity index (χ1) is 15.0. The molecular formula is C27H33F3O. The second-order valence-electron chi connectivity index (χ2n) is 9.56. The van der Waals surface area contributed by atoms with E-state index in [1.807, 2.05) is 6.07 Å². The van der Waals surface area contributed by atoms with Crippen LogP contribution in [0.5, 0.6) is 5.75 Å². The highest BCUT2D eigenvalue weighted by molar-refractivity contribution is 5.66. The third-order valence-electron chi connectivity index (χ3n) is 7.67. The molecule has 2 aliphatic carbocycles. The van der Waals surface area contributed by atoms with Gasteiger partial charge in [0.1, 0.15) is 5.82 Å². The zero-order valence-electron chi connectivity index (χ0n) is 18.6. The molecule has 0 radical (unpaired) electrons. The maximum Gasteiger partial charge on any atom is 0.190 e. The Morgan fingerprint density at radius 2 is 1.58 bits per heavy atom. The molecule has 168 valence electrons. The van der Waals surface area contributed by atoms with Gasteiger partial charge in [-0.2, -0.15) is 0 Å². The number of hydrogen-bond acceptors (Lipinski definition) is 1. The van der Waals surface area contributed by atoms with E-state index in [1.165, 1.54) is 52.1 Å². The fraction of sp³-hybridized carbons (Fsp3) is 0.556. The molecule has 2 fully saturated rings. The van der Waals surface area contributed by atoms with Crippen molar-refractivity contribution >= 4 is 0 Å². The van der Waals surface area contributed by atoms with Gasteiger partial charge in [-0.25, -0.2) is 13.2 Å². The lowest BCUT2D eigenvalue weighted by molar-refractivity contribution is 0.113. The Kier molecular flexibility index (Phi) is 6.93. The van der Waals surface area contributed by atoms with E-state index in [2.05, 4.69) is 6.92 Å². The average molecular weight is 431 g/mol. The Morgan fingerprint density at radius 3 is 2.26 bits per heavy atom. The molecule has 2 aromatic rings. The summed E-state index contributed by atoms with van der Waals surface area (Å²) in [5.74, 6) is 0.350. The molecule has 0 saturated heterocycles. The lowest BCUT2D eigenvalue weighted by atomic mass is 9.63. The van der Waals surface area contributed by atoms with E-state index >= 15 is 0 Å². The van der Waals surface area contributed by atoms with Crippen molar-refractivity contribution in [2.45, 2.75) is 70.6 Å². The molecule has 0 aromatic heterocycles. The summed E-state index contributed by atoms with van der Waals surface area (Å²) in [6.45, 7) is 2.27. The number of methoxy groups -OCH3 is 1. The minimum atomic E-state index is -0.825. The maximum absolute atomic E-state index is 15.0. The highest BCUT2D eigenvalue weighted by atomic mass is 19.1. The fourth-order valence-corrected chi connectivity index (χ4v) is 5.97. The third kappa shape index (κ3) is 4.78. The summed E-state index contributed by atoms with van der Waals surface area (Å²) < 4.78 is 47.8. The molecule has 0 amide bonds. The Hall–Kier alpha value is -1.97. The van der Waals surface area contributed by atoms with Crippen molar-refractivity contribution in [3.63, 3.8) is 0 Å². The van der Waals surface area contributed by atoms with Crippen LogP contribution < -0.4 is 4.74 Å². The van der Waals surface area contributed by atoms with Crippen LogP contribution in [0, 0.1) is 35.2 Å². The first-order valence-electron chi connectivity index (χ1n) is 11.8. The highest BCUT2D eigenvalue weighted by Crippen LogP contribution is 2.48. The second-order valence-corrected chi connectivity index (χ2v) is 9.56. The molecule has 1 unspecified atom stereocenters. The summed E-state index contributed by atoms with van der Waals surface area (Å²) in [4.78, 5) is 0. The number of benzene rings is 2. The molecule has 4 rings (SSSR count). The van der Waals surface area contributed by atoms with Gasteiger partial charge in [0.05, 0.1) is 7.11 Å². The number of unbranched alkanes of at least 4 members (excludes halogenated alkanes) is 1. The topological polar surface area (TPSA) is 9.23 Å². The number of rotatable bonds is 6. The van der Waals surface area contributed by atoms with Crippen molar-refractivity contribution in [1.82, 2.24) is 0 Å². The molecule has 2 aromatic carbocycles. The standard InChI is InChI=1S/C27H33F3O/c1-3-4-5-17-6-7-19-13-20(9-8-18(19)12-17)21-10-11-23(24(28)14-21)22-15-25(29)27(31-2)26(30)16-22/h10-11,14-20H,3-9,12-13H2,1-2H3/t17?,18-,19-,20-/m1/s1. The van der Waals surface area contributed by atoms with Crippen molar-refractivity contribution in [3.8, 4) is 16.9 Å². The third-order valence-corrected chi connectivity index (χ3v) is 7.67. The van der Waals surface area contributed by atoms with Gasteiger partial charge >= 0.3 is 0 Å². The van der Waals surface area contributed by atoms with Gasteiger partial charge in [-0.15, -0.1) is 0 Å². The van der Waals surface area contributed by atoms with Gasteiger partial charge < -0.3 is 4.74 Å². The van der Waals surface area contributed by atoms with E-state index < -0.39 is 23.2 Å². The Labute approximate surface area is 184 Å². The molecule has 0 N–H and O–H groups in total. The Balaban J connectivity index is 1.46. The molecule has 2 saturated carbocycles. The quantitative estimate of drug-likeness (QED) is 0.448.